The number of anilines is 1. The van der Waals surface area contributed by atoms with Crippen LogP contribution in [-0.2, 0) is 16.2 Å². The summed E-state index contributed by atoms with van der Waals surface area (Å²) in [5, 5.41) is 2.24. The van der Waals surface area contributed by atoms with Crippen molar-refractivity contribution < 1.29 is 28.2 Å². The molecule has 190 valence electrons. The molecule has 1 aliphatic heterocycles. The molecule has 7 nitrogen and oxygen atoms in total. The van der Waals surface area contributed by atoms with Crippen LogP contribution in [0.1, 0.15) is 23.6 Å². The molecule has 1 aliphatic rings. The van der Waals surface area contributed by atoms with Crippen LogP contribution >= 0.6 is 38.5 Å². The number of amides is 4. The van der Waals surface area contributed by atoms with Crippen LogP contribution in [0.4, 0.5) is 14.9 Å². The van der Waals surface area contributed by atoms with Crippen LogP contribution in [0, 0.1) is 16.3 Å². The zero-order valence-electron chi connectivity index (χ0n) is 19.8. The van der Waals surface area contributed by atoms with Gasteiger partial charge in [0.05, 0.1) is 15.9 Å². The lowest BCUT2D eigenvalue weighted by atomic mass is 10.1. The van der Waals surface area contributed by atoms with Crippen LogP contribution in [0.3, 0.4) is 0 Å². The van der Waals surface area contributed by atoms with Crippen LogP contribution < -0.4 is 19.7 Å². The summed E-state index contributed by atoms with van der Waals surface area (Å²) >= 11 is 5.43. The number of halogens is 3. The number of carbonyl (C=O) groups is 3. The van der Waals surface area contributed by atoms with Gasteiger partial charge in [0.1, 0.15) is 18.0 Å². The number of hydrogen-bond donors (Lipinski definition) is 1. The number of aryl methyl sites for hydroxylation is 1. The Morgan fingerprint density at radius 1 is 1.08 bits per heavy atom. The first-order valence-corrected chi connectivity index (χ1v) is 13.1. The molecule has 1 fully saturated rings. The highest BCUT2D eigenvalue weighted by Gasteiger charge is 2.37. The number of benzene rings is 3. The second-order valence-electron chi connectivity index (χ2n) is 8.07. The van der Waals surface area contributed by atoms with Crippen molar-refractivity contribution in [3.8, 4) is 11.5 Å². The average Bonchev–Trinajstić information content (AvgIpc) is 2.83. The van der Waals surface area contributed by atoms with Crippen molar-refractivity contribution in [2.75, 3.05) is 11.5 Å². The normalized spacial score (nSPS) is 14.7. The molecule has 4 amide bonds. The van der Waals surface area contributed by atoms with E-state index in [2.05, 4.69) is 43.8 Å². The molecule has 0 bridgehead atoms. The predicted molar refractivity (Wildman–Crippen MR) is 149 cm³/mol. The first-order chi connectivity index (χ1) is 17.7. The largest absolute Gasteiger partial charge is 0.490 e. The van der Waals surface area contributed by atoms with Gasteiger partial charge in [0.2, 0.25) is 0 Å². The van der Waals surface area contributed by atoms with E-state index in [0.29, 0.717) is 44.1 Å². The third kappa shape index (κ3) is 6.02. The van der Waals surface area contributed by atoms with Gasteiger partial charge in [0, 0.05) is 4.47 Å². The van der Waals surface area contributed by atoms with Crippen LogP contribution in [0.2, 0.25) is 0 Å². The quantitative estimate of drug-likeness (QED) is 0.184. The minimum Gasteiger partial charge on any atom is -0.490 e. The molecular formula is C27H21BrFIN2O5. The SMILES string of the molecule is CCOc1cc(/C=C2/C(=O)NC(=O)N(c3ccc(Br)cc3C)C2=O)cc(I)c1OCc1cccc(F)c1. The van der Waals surface area contributed by atoms with Gasteiger partial charge in [-0.15, -0.1) is 0 Å². The fourth-order valence-corrected chi connectivity index (χ4v) is 5.03. The molecule has 0 aromatic heterocycles. The average molecular weight is 679 g/mol. The Balaban J connectivity index is 1.67. The Morgan fingerprint density at radius 2 is 1.86 bits per heavy atom. The maximum Gasteiger partial charge on any atom is 0.335 e. The van der Waals surface area contributed by atoms with Crippen molar-refractivity contribution in [3.05, 3.63) is 90.7 Å². The van der Waals surface area contributed by atoms with E-state index in [9.17, 15) is 18.8 Å². The highest BCUT2D eigenvalue weighted by atomic mass is 127. The Kier molecular flexibility index (Phi) is 8.28. The van der Waals surface area contributed by atoms with Gasteiger partial charge in [-0.3, -0.25) is 14.9 Å². The number of urea groups is 1. The molecule has 1 heterocycles. The van der Waals surface area contributed by atoms with E-state index in [1.807, 2.05) is 6.92 Å². The molecular weight excluding hydrogens is 658 g/mol. The standard InChI is InChI=1S/C27H21BrFIN2O5/c1-3-36-23-13-17(12-21(30)24(23)37-14-16-5-4-6-19(29)10-16)11-20-25(33)31-27(35)32(26(20)34)22-8-7-18(28)9-15(22)2/h4-13H,3,14H2,1-2H3,(H,31,33,35)/b20-11-. The summed E-state index contributed by atoms with van der Waals surface area (Å²) in [4.78, 5) is 39.5. The minimum atomic E-state index is -0.816. The van der Waals surface area contributed by atoms with E-state index in [1.165, 1.54) is 18.2 Å². The molecule has 4 rings (SSSR count). The summed E-state index contributed by atoms with van der Waals surface area (Å²) in [7, 11) is 0. The molecule has 3 aromatic carbocycles. The maximum atomic E-state index is 13.5. The van der Waals surface area contributed by atoms with E-state index in [0.717, 1.165) is 9.37 Å². The fraction of sp³-hybridized carbons (Fsp3) is 0.148. The van der Waals surface area contributed by atoms with Gasteiger partial charge in [-0.1, -0.05) is 28.1 Å². The van der Waals surface area contributed by atoms with Crippen molar-refractivity contribution in [3.63, 3.8) is 0 Å². The van der Waals surface area contributed by atoms with Gasteiger partial charge in [-0.25, -0.2) is 14.1 Å². The molecule has 0 atom stereocenters. The van der Waals surface area contributed by atoms with E-state index in [4.69, 9.17) is 9.47 Å². The Labute approximate surface area is 234 Å². The Hall–Kier alpha value is -3.25. The van der Waals surface area contributed by atoms with Crippen molar-refractivity contribution in [2.45, 2.75) is 20.5 Å². The number of carbonyl (C=O) groups excluding carboxylic acids is 3. The van der Waals surface area contributed by atoms with Crippen LogP contribution in [0.5, 0.6) is 11.5 Å². The number of ether oxygens (including phenoxy) is 2. The Bertz CT molecular complexity index is 1440. The highest BCUT2D eigenvalue weighted by molar-refractivity contribution is 14.1. The highest BCUT2D eigenvalue weighted by Crippen LogP contribution is 2.36. The number of imide groups is 2. The van der Waals surface area contributed by atoms with E-state index in [-0.39, 0.29) is 18.0 Å². The number of nitrogens with one attached hydrogen (secondary N) is 1. The first kappa shape index (κ1) is 26.8. The minimum absolute atomic E-state index is 0.124. The van der Waals surface area contributed by atoms with Crippen molar-refractivity contribution in [1.29, 1.82) is 0 Å². The van der Waals surface area contributed by atoms with Gasteiger partial charge in [-0.2, -0.15) is 0 Å². The summed E-state index contributed by atoms with van der Waals surface area (Å²) in [6, 6.07) is 13.8. The lowest BCUT2D eigenvalue weighted by molar-refractivity contribution is -0.122. The zero-order chi connectivity index (χ0) is 26.7. The van der Waals surface area contributed by atoms with Crippen LogP contribution in [0.25, 0.3) is 6.08 Å². The molecule has 10 heteroatoms. The zero-order valence-corrected chi connectivity index (χ0v) is 23.6. The third-order valence-corrected chi connectivity index (χ3v) is 6.71. The molecule has 3 aromatic rings. The van der Waals surface area contributed by atoms with Crippen LogP contribution in [-0.4, -0.2) is 24.5 Å². The molecule has 0 spiro atoms. The molecule has 0 aliphatic carbocycles. The maximum absolute atomic E-state index is 13.5. The first-order valence-electron chi connectivity index (χ1n) is 11.2. The number of rotatable bonds is 7. The van der Waals surface area contributed by atoms with E-state index >= 15 is 0 Å². The van der Waals surface area contributed by atoms with Gasteiger partial charge in [-0.05, 0) is 102 Å². The number of hydrogen-bond acceptors (Lipinski definition) is 5. The Morgan fingerprint density at radius 3 is 2.57 bits per heavy atom. The van der Waals surface area contributed by atoms with Crippen molar-refractivity contribution >= 4 is 68.1 Å². The third-order valence-electron chi connectivity index (χ3n) is 5.42. The second kappa shape index (κ2) is 11.4. The summed E-state index contributed by atoms with van der Waals surface area (Å²) in [5.41, 5.74) is 2.01. The molecule has 1 N–H and O–H groups in total. The molecule has 0 unspecified atom stereocenters. The molecule has 0 saturated carbocycles. The van der Waals surface area contributed by atoms with Gasteiger partial charge in [0.25, 0.3) is 11.8 Å². The smallest absolute Gasteiger partial charge is 0.335 e. The topological polar surface area (TPSA) is 84.9 Å². The van der Waals surface area contributed by atoms with Crippen LogP contribution in [0.15, 0.2) is 64.6 Å². The predicted octanol–water partition coefficient (Wildman–Crippen LogP) is 6.15. The van der Waals surface area contributed by atoms with Crippen molar-refractivity contribution in [1.82, 2.24) is 5.32 Å². The second-order valence-corrected chi connectivity index (χ2v) is 10.1. The summed E-state index contributed by atoms with van der Waals surface area (Å²) < 4.78 is 26.7. The number of nitrogens with zero attached hydrogens (tertiary/aromatic N) is 1. The number of barbiturate groups is 1. The summed E-state index contributed by atoms with van der Waals surface area (Å²) in [5.74, 6) is -1.03. The molecule has 1 saturated heterocycles. The van der Waals surface area contributed by atoms with Gasteiger partial charge < -0.3 is 9.47 Å². The monoisotopic (exact) mass is 678 g/mol. The van der Waals surface area contributed by atoms with E-state index < -0.39 is 17.8 Å². The van der Waals surface area contributed by atoms with E-state index in [1.54, 1.807) is 49.4 Å². The van der Waals surface area contributed by atoms with Gasteiger partial charge >= 0.3 is 6.03 Å². The van der Waals surface area contributed by atoms with Gasteiger partial charge in [0.15, 0.2) is 11.5 Å². The lowest BCUT2D eigenvalue weighted by Crippen LogP contribution is -2.54. The summed E-state index contributed by atoms with van der Waals surface area (Å²) in [6.07, 6.45) is 1.41. The lowest BCUT2D eigenvalue weighted by Gasteiger charge is -2.27. The summed E-state index contributed by atoms with van der Waals surface area (Å²) in [6.45, 7) is 4.05. The molecule has 0 radical (unpaired) electrons. The van der Waals surface area contributed by atoms with Crippen molar-refractivity contribution in [2.24, 2.45) is 0 Å². The fourth-order valence-electron chi connectivity index (χ4n) is 3.77. The molecule has 37 heavy (non-hydrogen) atoms.